The summed E-state index contributed by atoms with van der Waals surface area (Å²) in [7, 11) is -3.68. The molecule has 130 valence electrons. The Kier molecular flexibility index (Phi) is 5.12. The van der Waals surface area contributed by atoms with Crippen LogP contribution in [0, 0.1) is 11.3 Å². The van der Waals surface area contributed by atoms with Crippen LogP contribution in [0.15, 0.2) is 77.7 Å². The molecule has 0 unspecified atom stereocenters. The van der Waals surface area contributed by atoms with Crippen LogP contribution in [-0.4, -0.2) is 8.42 Å². The predicted molar refractivity (Wildman–Crippen MR) is 103 cm³/mol. The molecule has 0 aliphatic rings. The van der Waals surface area contributed by atoms with Gasteiger partial charge in [0.05, 0.1) is 16.5 Å². The van der Waals surface area contributed by atoms with Gasteiger partial charge in [-0.25, -0.2) is 8.42 Å². The molecule has 0 atom stereocenters. The van der Waals surface area contributed by atoms with E-state index in [-0.39, 0.29) is 4.90 Å². The van der Waals surface area contributed by atoms with Crippen molar-refractivity contribution >= 4 is 38.7 Å². The minimum atomic E-state index is -3.68. The fourth-order valence-electron chi connectivity index (χ4n) is 2.28. The van der Waals surface area contributed by atoms with Gasteiger partial charge in [0.15, 0.2) is 0 Å². The van der Waals surface area contributed by atoms with Gasteiger partial charge < -0.3 is 5.32 Å². The maximum absolute atomic E-state index is 12.4. The van der Waals surface area contributed by atoms with Crippen LogP contribution in [0.3, 0.4) is 0 Å². The molecule has 0 amide bonds. The van der Waals surface area contributed by atoms with Crippen molar-refractivity contribution in [2.45, 2.75) is 4.90 Å². The molecule has 2 N–H and O–H groups in total. The van der Waals surface area contributed by atoms with E-state index in [9.17, 15) is 8.42 Å². The molecule has 0 saturated heterocycles. The number of nitrogens with zero attached hydrogens (tertiary/aromatic N) is 1. The van der Waals surface area contributed by atoms with Crippen LogP contribution in [0.5, 0.6) is 0 Å². The van der Waals surface area contributed by atoms with Gasteiger partial charge in [-0.05, 0) is 66.7 Å². The Morgan fingerprint density at radius 1 is 0.846 bits per heavy atom. The van der Waals surface area contributed by atoms with E-state index in [4.69, 9.17) is 16.9 Å². The lowest BCUT2D eigenvalue weighted by Crippen LogP contribution is -2.12. The molecule has 0 aromatic heterocycles. The third kappa shape index (κ3) is 4.33. The summed E-state index contributed by atoms with van der Waals surface area (Å²) in [4.78, 5) is 0.136. The lowest BCUT2D eigenvalue weighted by molar-refractivity contribution is 0.601. The second-order valence-corrected chi connectivity index (χ2v) is 7.57. The van der Waals surface area contributed by atoms with Crippen molar-refractivity contribution in [1.82, 2.24) is 0 Å². The van der Waals surface area contributed by atoms with Gasteiger partial charge in [-0.2, -0.15) is 5.26 Å². The molecule has 0 spiro atoms. The second-order valence-electron chi connectivity index (χ2n) is 5.45. The lowest BCUT2D eigenvalue weighted by Gasteiger charge is -2.10. The number of rotatable bonds is 5. The Morgan fingerprint density at radius 2 is 1.50 bits per heavy atom. The molecule has 3 rings (SSSR count). The van der Waals surface area contributed by atoms with E-state index >= 15 is 0 Å². The van der Waals surface area contributed by atoms with Gasteiger partial charge >= 0.3 is 0 Å². The molecule has 0 bridgehead atoms. The van der Waals surface area contributed by atoms with Gasteiger partial charge in [0.1, 0.15) is 0 Å². The van der Waals surface area contributed by atoms with Gasteiger partial charge in [-0.15, -0.1) is 0 Å². The Hall–Kier alpha value is -3.01. The summed E-state index contributed by atoms with van der Waals surface area (Å²) < 4.78 is 27.2. The van der Waals surface area contributed by atoms with E-state index in [1.807, 2.05) is 6.07 Å². The maximum atomic E-state index is 12.4. The summed E-state index contributed by atoms with van der Waals surface area (Å²) in [5, 5.41) is 12.6. The minimum absolute atomic E-state index is 0.136. The zero-order chi connectivity index (χ0) is 18.6. The van der Waals surface area contributed by atoms with Crippen molar-refractivity contribution < 1.29 is 8.42 Å². The van der Waals surface area contributed by atoms with Crippen molar-refractivity contribution in [1.29, 1.82) is 5.26 Å². The van der Waals surface area contributed by atoms with Crippen LogP contribution in [0.2, 0.25) is 5.02 Å². The zero-order valence-corrected chi connectivity index (χ0v) is 15.1. The molecule has 0 heterocycles. The van der Waals surface area contributed by atoms with Gasteiger partial charge in [0.2, 0.25) is 0 Å². The highest BCUT2D eigenvalue weighted by atomic mass is 35.5. The number of hydrogen-bond acceptors (Lipinski definition) is 4. The molecule has 3 aromatic carbocycles. The summed E-state index contributed by atoms with van der Waals surface area (Å²) in [6.07, 6.45) is 0. The fourth-order valence-corrected chi connectivity index (χ4v) is 3.47. The van der Waals surface area contributed by atoms with Gasteiger partial charge in [-0.3, -0.25) is 4.72 Å². The smallest absolute Gasteiger partial charge is 0.261 e. The van der Waals surface area contributed by atoms with Crippen molar-refractivity contribution in [2.24, 2.45) is 0 Å². The first kappa shape index (κ1) is 17.8. The Labute approximate surface area is 156 Å². The van der Waals surface area contributed by atoms with E-state index in [1.54, 1.807) is 42.5 Å². The lowest BCUT2D eigenvalue weighted by atomic mass is 10.2. The van der Waals surface area contributed by atoms with Crippen LogP contribution in [0.1, 0.15) is 5.56 Å². The quantitative estimate of drug-likeness (QED) is 0.665. The van der Waals surface area contributed by atoms with Crippen LogP contribution in [0.25, 0.3) is 0 Å². The topological polar surface area (TPSA) is 82.0 Å². The molecule has 0 fully saturated rings. The van der Waals surface area contributed by atoms with E-state index < -0.39 is 10.0 Å². The average Bonchev–Trinajstić information content (AvgIpc) is 2.64. The van der Waals surface area contributed by atoms with Crippen molar-refractivity contribution in [3.8, 4) is 6.07 Å². The fraction of sp³-hybridized carbons (Fsp3) is 0. The predicted octanol–water partition coefficient (Wildman–Crippen LogP) is 4.76. The molecule has 5 nitrogen and oxygen atoms in total. The Morgan fingerprint density at radius 3 is 2.15 bits per heavy atom. The summed E-state index contributed by atoms with van der Waals surface area (Å²) in [5.74, 6) is 0. The number of hydrogen-bond donors (Lipinski definition) is 2. The summed E-state index contributed by atoms with van der Waals surface area (Å²) in [6.45, 7) is 0. The van der Waals surface area contributed by atoms with Gasteiger partial charge in [-0.1, -0.05) is 17.7 Å². The molecule has 0 radical (unpaired) electrons. The first-order valence-electron chi connectivity index (χ1n) is 7.62. The summed E-state index contributed by atoms with van der Waals surface area (Å²) >= 11 is 5.78. The Balaban J connectivity index is 1.73. The number of benzene rings is 3. The maximum Gasteiger partial charge on any atom is 0.261 e. The normalized spacial score (nSPS) is 10.8. The molecule has 26 heavy (non-hydrogen) atoms. The number of anilines is 3. The van der Waals surface area contributed by atoms with Crippen LogP contribution in [-0.2, 0) is 10.0 Å². The van der Waals surface area contributed by atoms with Crippen molar-refractivity contribution in [3.63, 3.8) is 0 Å². The highest BCUT2D eigenvalue weighted by Gasteiger charge is 2.13. The number of halogens is 1. The third-order valence-electron chi connectivity index (χ3n) is 3.54. The first-order valence-corrected chi connectivity index (χ1v) is 9.48. The Bertz CT molecular complexity index is 1060. The van der Waals surface area contributed by atoms with E-state index in [0.29, 0.717) is 16.3 Å². The summed E-state index contributed by atoms with van der Waals surface area (Å²) in [6, 6.07) is 21.9. The molecule has 0 aliphatic carbocycles. The second kappa shape index (κ2) is 7.48. The summed E-state index contributed by atoms with van der Waals surface area (Å²) in [5.41, 5.74) is 2.55. The average molecular weight is 384 g/mol. The number of sulfonamides is 1. The molecular weight excluding hydrogens is 370 g/mol. The van der Waals surface area contributed by atoms with E-state index in [1.165, 1.54) is 24.3 Å². The van der Waals surface area contributed by atoms with Crippen LogP contribution in [0.4, 0.5) is 17.1 Å². The number of nitrogens with one attached hydrogen (secondary N) is 2. The largest absolute Gasteiger partial charge is 0.355 e. The van der Waals surface area contributed by atoms with Gasteiger partial charge in [0.25, 0.3) is 10.0 Å². The van der Waals surface area contributed by atoms with E-state index in [2.05, 4.69) is 16.1 Å². The SMILES string of the molecule is N#Cc1cccc(Nc2ccc(NS(=O)(=O)c3ccc(Cl)cc3)cc2)c1. The van der Waals surface area contributed by atoms with Gasteiger partial charge in [0, 0.05) is 22.1 Å². The zero-order valence-electron chi connectivity index (χ0n) is 13.5. The van der Waals surface area contributed by atoms with Crippen LogP contribution >= 0.6 is 11.6 Å². The molecular formula is C19H14ClN3O2S. The molecule has 0 aliphatic heterocycles. The highest BCUT2D eigenvalue weighted by molar-refractivity contribution is 7.92. The molecule has 3 aromatic rings. The minimum Gasteiger partial charge on any atom is -0.355 e. The third-order valence-corrected chi connectivity index (χ3v) is 5.19. The van der Waals surface area contributed by atoms with Crippen LogP contribution < -0.4 is 10.0 Å². The number of nitriles is 1. The molecule has 7 heteroatoms. The van der Waals surface area contributed by atoms with Crippen molar-refractivity contribution in [3.05, 3.63) is 83.4 Å². The van der Waals surface area contributed by atoms with Crippen molar-refractivity contribution in [2.75, 3.05) is 10.0 Å². The highest BCUT2D eigenvalue weighted by Crippen LogP contribution is 2.22. The monoisotopic (exact) mass is 383 g/mol. The first-order chi connectivity index (χ1) is 12.5. The molecule has 0 saturated carbocycles. The van der Waals surface area contributed by atoms with E-state index in [0.717, 1.165) is 11.4 Å². The standard InChI is InChI=1S/C19H14ClN3O2S/c20-15-4-10-19(11-5-15)26(24,25)23-17-8-6-16(7-9-17)22-18-3-1-2-14(12-18)13-21/h1-12,22-23H.